The molecule has 0 aromatic heterocycles. The van der Waals surface area contributed by atoms with E-state index in [1.165, 1.54) is 12.1 Å². The summed E-state index contributed by atoms with van der Waals surface area (Å²) in [6.45, 7) is 0. The van der Waals surface area contributed by atoms with E-state index in [-0.39, 0.29) is 35.2 Å². The van der Waals surface area contributed by atoms with Crippen LogP contribution in [0.5, 0.6) is 0 Å². The zero-order valence-corrected chi connectivity index (χ0v) is 11.8. The SMILES string of the molecule is O=[SH](=O)Nc1ccc(I)cc1F.[Na]. The first-order valence-corrected chi connectivity index (χ1v) is 5.21. The van der Waals surface area contributed by atoms with Crippen LogP contribution < -0.4 is 4.72 Å². The molecule has 1 aromatic rings. The maximum Gasteiger partial charge on any atom is 0.222 e. The zero-order valence-electron chi connectivity index (χ0n) is 6.75. The van der Waals surface area contributed by atoms with Crippen molar-refractivity contribution < 1.29 is 12.8 Å². The Morgan fingerprint density at radius 1 is 1.38 bits per heavy atom. The first-order chi connectivity index (χ1) is 5.59. The van der Waals surface area contributed by atoms with E-state index in [1.807, 2.05) is 27.3 Å². The second-order valence-electron chi connectivity index (χ2n) is 1.99. The molecule has 1 N–H and O–H groups in total. The largest absolute Gasteiger partial charge is 0.283 e. The molecule has 0 saturated carbocycles. The van der Waals surface area contributed by atoms with Crippen LogP contribution >= 0.6 is 22.6 Å². The third-order valence-corrected chi connectivity index (χ3v) is 2.24. The van der Waals surface area contributed by atoms with Gasteiger partial charge in [-0.25, -0.2) is 12.8 Å². The van der Waals surface area contributed by atoms with E-state index in [2.05, 4.69) is 0 Å². The topological polar surface area (TPSA) is 46.2 Å². The summed E-state index contributed by atoms with van der Waals surface area (Å²) < 4.78 is 35.9. The standard InChI is InChI=1S/C6H5FINO2S.Na/c7-5-3-4(8)1-2-6(5)9-12(10)11;/h1-3,12H,(H,9,10,11);. The Hall–Kier alpha value is 0.630. The molecule has 0 aliphatic carbocycles. The summed E-state index contributed by atoms with van der Waals surface area (Å²) in [5.41, 5.74) is -0.0217. The molecule has 67 valence electrons. The van der Waals surface area contributed by atoms with Crippen LogP contribution in [0.2, 0.25) is 0 Å². The third kappa shape index (κ3) is 4.59. The molecular weight excluding hydrogens is 319 g/mol. The van der Waals surface area contributed by atoms with Gasteiger partial charge in [0.25, 0.3) is 0 Å². The quantitative estimate of drug-likeness (QED) is 0.484. The Bertz CT molecular complexity index is 364. The molecule has 1 radical (unpaired) electrons. The maximum absolute atomic E-state index is 12.9. The van der Waals surface area contributed by atoms with Crippen LogP contribution in [0.4, 0.5) is 10.1 Å². The molecule has 3 nitrogen and oxygen atoms in total. The molecule has 1 rings (SSSR count). The van der Waals surface area contributed by atoms with Gasteiger partial charge in [-0.3, -0.25) is 4.72 Å². The van der Waals surface area contributed by atoms with E-state index in [0.717, 1.165) is 3.57 Å². The minimum absolute atomic E-state index is 0. The van der Waals surface area contributed by atoms with Crippen molar-refractivity contribution in [2.45, 2.75) is 0 Å². The van der Waals surface area contributed by atoms with E-state index < -0.39 is 16.7 Å². The Balaban J connectivity index is 0.00000144. The first kappa shape index (κ1) is 13.6. The smallest absolute Gasteiger partial charge is 0.222 e. The second kappa shape index (κ2) is 6.18. The zero-order chi connectivity index (χ0) is 9.14. The van der Waals surface area contributed by atoms with Crippen molar-refractivity contribution in [3.05, 3.63) is 27.6 Å². The molecular formula is C6H5FINNaO2S. The number of anilines is 1. The molecule has 0 fully saturated rings. The van der Waals surface area contributed by atoms with Gasteiger partial charge in [-0.2, -0.15) is 0 Å². The summed E-state index contributed by atoms with van der Waals surface area (Å²) in [5, 5.41) is 0. The van der Waals surface area contributed by atoms with Crippen LogP contribution in [0.15, 0.2) is 18.2 Å². The van der Waals surface area contributed by atoms with Crippen LogP contribution in [0, 0.1) is 9.39 Å². The Morgan fingerprint density at radius 2 is 2.00 bits per heavy atom. The minimum atomic E-state index is -2.80. The molecule has 0 saturated heterocycles. The van der Waals surface area contributed by atoms with Crippen molar-refractivity contribution in [2.24, 2.45) is 0 Å². The van der Waals surface area contributed by atoms with Crippen LogP contribution in [0.25, 0.3) is 0 Å². The normalized spacial score (nSPS) is 9.46. The molecule has 0 heterocycles. The van der Waals surface area contributed by atoms with E-state index >= 15 is 0 Å². The first-order valence-electron chi connectivity index (χ1n) is 2.95. The number of benzene rings is 1. The summed E-state index contributed by atoms with van der Waals surface area (Å²) in [4.78, 5) is 0. The van der Waals surface area contributed by atoms with Crippen molar-refractivity contribution in [1.29, 1.82) is 0 Å². The maximum atomic E-state index is 12.9. The van der Waals surface area contributed by atoms with Gasteiger partial charge < -0.3 is 0 Å². The van der Waals surface area contributed by atoms with Crippen LogP contribution in [-0.4, -0.2) is 38.0 Å². The molecule has 7 heteroatoms. The van der Waals surface area contributed by atoms with Gasteiger partial charge in [-0.05, 0) is 40.8 Å². The monoisotopic (exact) mass is 324 g/mol. The average molecular weight is 324 g/mol. The second-order valence-corrected chi connectivity index (χ2v) is 3.98. The predicted octanol–water partition coefficient (Wildman–Crippen LogP) is 0.988. The Morgan fingerprint density at radius 3 is 2.46 bits per heavy atom. The van der Waals surface area contributed by atoms with Crippen molar-refractivity contribution in [2.75, 3.05) is 4.72 Å². The Kier molecular flexibility index (Phi) is 6.48. The summed E-state index contributed by atoms with van der Waals surface area (Å²) in [7, 11) is -2.80. The van der Waals surface area contributed by atoms with Gasteiger partial charge in [0.2, 0.25) is 10.9 Å². The summed E-state index contributed by atoms with van der Waals surface area (Å²) in [5.74, 6) is -0.568. The van der Waals surface area contributed by atoms with Crippen molar-refractivity contribution in [3.63, 3.8) is 0 Å². The number of halogens is 2. The molecule has 0 aliphatic rings. The molecule has 0 atom stereocenters. The summed E-state index contributed by atoms with van der Waals surface area (Å²) >= 11 is 1.94. The van der Waals surface area contributed by atoms with Gasteiger partial charge in [-0.15, -0.1) is 0 Å². The third-order valence-electron chi connectivity index (χ3n) is 1.14. The molecule has 13 heavy (non-hydrogen) atoms. The van der Waals surface area contributed by atoms with E-state index in [9.17, 15) is 12.8 Å². The van der Waals surface area contributed by atoms with Gasteiger partial charge in [0.15, 0.2) is 0 Å². The summed E-state index contributed by atoms with van der Waals surface area (Å²) in [6.07, 6.45) is 0. The van der Waals surface area contributed by atoms with E-state index in [0.29, 0.717) is 0 Å². The predicted molar refractivity (Wildman–Crippen MR) is 58.8 cm³/mol. The van der Waals surface area contributed by atoms with Gasteiger partial charge in [0.05, 0.1) is 5.69 Å². The van der Waals surface area contributed by atoms with E-state index in [1.54, 1.807) is 6.07 Å². The van der Waals surface area contributed by atoms with Crippen LogP contribution in [-0.2, 0) is 10.9 Å². The molecule has 0 spiro atoms. The van der Waals surface area contributed by atoms with Crippen molar-refractivity contribution in [3.8, 4) is 0 Å². The molecule has 0 unspecified atom stereocenters. The van der Waals surface area contributed by atoms with Crippen molar-refractivity contribution in [1.82, 2.24) is 0 Å². The Labute approximate surface area is 113 Å². The average Bonchev–Trinajstić information content (AvgIpc) is 1.94. The summed E-state index contributed by atoms with van der Waals surface area (Å²) in [6, 6.07) is 4.24. The number of thiol groups is 1. The number of hydrogen-bond donors (Lipinski definition) is 2. The molecule has 0 aliphatic heterocycles. The molecule has 0 amide bonds. The number of hydrogen-bond acceptors (Lipinski definition) is 2. The molecule has 1 aromatic carbocycles. The van der Waals surface area contributed by atoms with Crippen LogP contribution in [0.3, 0.4) is 0 Å². The molecule has 0 bridgehead atoms. The van der Waals surface area contributed by atoms with Gasteiger partial charge in [-0.1, -0.05) is 0 Å². The van der Waals surface area contributed by atoms with Crippen LogP contribution in [0.1, 0.15) is 0 Å². The van der Waals surface area contributed by atoms with Gasteiger partial charge in [0.1, 0.15) is 5.82 Å². The fourth-order valence-corrected chi connectivity index (χ4v) is 1.51. The van der Waals surface area contributed by atoms with Crippen molar-refractivity contribution >= 4 is 68.7 Å². The minimum Gasteiger partial charge on any atom is -0.283 e. The fraction of sp³-hybridized carbons (Fsp3) is 0. The fourth-order valence-electron chi connectivity index (χ4n) is 0.678. The van der Waals surface area contributed by atoms with Gasteiger partial charge in [0, 0.05) is 33.1 Å². The number of nitrogens with one attached hydrogen (secondary N) is 1. The number of rotatable bonds is 2. The van der Waals surface area contributed by atoms with E-state index in [4.69, 9.17) is 0 Å². The van der Waals surface area contributed by atoms with Gasteiger partial charge >= 0.3 is 0 Å².